The molecule has 1 heterocycles. The number of rotatable bonds is 3. The standard InChI is InChI=1S/C13H14ClN3O2/c1-16-9(7-12(18)17(2)13(16)19)8-15-11-6-4-3-5-10(11)14/h3-7,15H,8H2,1-2H3. The van der Waals surface area contributed by atoms with Crippen LogP contribution in [0, 0.1) is 0 Å². The minimum absolute atomic E-state index is 0.320. The number of halogens is 1. The van der Waals surface area contributed by atoms with Crippen LogP contribution in [0.5, 0.6) is 0 Å². The minimum atomic E-state index is -0.344. The zero-order chi connectivity index (χ0) is 14.0. The van der Waals surface area contributed by atoms with Crippen molar-refractivity contribution in [1.29, 1.82) is 0 Å². The lowest BCUT2D eigenvalue weighted by atomic mass is 10.3. The molecule has 1 aromatic heterocycles. The molecule has 5 nitrogen and oxygen atoms in total. The SMILES string of the molecule is Cn1c(CNc2ccccc2Cl)cc(=O)n(C)c1=O. The third-order valence-corrected chi connectivity index (χ3v) is 3.29. The Hall–Kier alpha value is -2.01. The fourth-order valence-electron chi connectivity index (χ4n) is 1.74. The van der Waals surface area contributed by atoms with E-state index in [1.807, 2.05) is 18.2 Å². The Bertz CT molecular complexity index is 719. The van der Waals surface area contributed by atoms with Crippen molar-refractivity contribution in [2.75, 3.05) is 5.32 Å². The van der Waals surface area contributed by atoms with Crippen molar-refractivity contribution in [2.24, 2.45) is 14.1 Å². The summed E-state index contributed by atoms with van der Waals surface area (Å²) >= 11 is 6.02. The van der Waals surface area contributed by atoms with Gasteiger partial charge in [0.05, 0.1) is 17.3 Å². The van der Waals surface area contributed by atoms with Gasteiger partial charge in [-0.1, -0.05) is 23.7 Å². The number of nitrogens with one attached hydrogen (secondary N) is 1. The summed E-state index contributed by atoms with van der Waals surface area (Å²) in [6.07, 6.45) is 0. The van der Waals surface area contributed by atoms with Gasteiger partial charge >= 0.3 is 5.69 Å². The first kappa shape index (κ1) is 13.4. The lowest BCUT2D eigenvalue weighted by Crippen LogP contribution is -2.38. The molecule has 0 radical (unpaired) electrons. The summed E-state index contributed by atoms with van der Waals surface area (Å²) < 4.78 is 2.50. The van der Waals surface area contributed by atoms with Gasteiger partial charge in [-0.05, 0) is 12.1 Å². The van der Waals surface area contributed by atoms with Crippen LogP contribution in [0.25, 0.3) is 0 Å². The molecule has 0 aliphatic heterocycles. The van der Waals surface area contributed by atoms with E-state index in [4.69, 9.17) is 11.6 Å². The molecule has 0 saturated heterocycles. The summed E-state index contributed by atoms with van der Waals surface area (Å²) in [6.45, 7) is 0.353. The van der Waals surface area contributed by atoms with Crippen LogP contribution in [0.3, 0.4) is 0 Å². The molecule has 19 heavy (non-hydrogen) atoms. The summed E-state index contributed by atoms with van der Waals surface area (Å²) in [5.41, 5.74) is 0.702. The highest BCUT2D eigenvalue weighted by molar-refractivity contribution is 6.33. The Morgan fingerprint density at radius 2 is 1.84 bits per heavy atom. The summed E-state index contributed by atoms with van der Waals surface area (Å²) in [6, 6.07) is 8.73. The van der Waals surface area contributed by atoms with Gasteiger partial charge in [-0.25, -0.2) is 4.79 Å². The number of para-hydroxylation sites is 1. The maximum atomic E-state index is 11.8. The van der Waals surface area contributed by atoms with Crippen molar-refractivity contribution in [1.82, 2.24) is 9.13 Å². The lowest BCUT2D eigenvalue weighted by Gasteiger charge is -2.12. The quantitative estimate of drug-likeness (QED) is 0.923. The first-order chi connectivity index (χ1) is 9.00. The molecular formula is C13H14ClN3O2. The monoisotopic (exact) mass is 279 g/mol. The minimum Gasteiger partial charge on any atom is -0.378 e. The summed E-state index contributed by atoms with van der Waals surface area (Å²) in [4.78, 5) is 23.3. The Balaban J connectivity index is 2.29. The van der Waals surface area contributed by atoms with Gasteiger partial charge in [-0.15, -0.1) is 0 Å². The van der Waals surface area contributed by atoms with E-state index in [1.54, 1.807) is 13.1 Å². The van der Waals surface area contributed by atoms with Crippen molar-refractivity contribution < 1.29 is 0 Å². The van der Waals surface area contributed by atoms with Gasteiger partial charge in [0.15, 0.2) is 0 Å². The highest BCUT2D eigenvalue weighted by Gasteiger charge is 2.06. The molecule has 0 fully saturated rings. The van der Waals surface area contributed by atoms with Gasteiger partial charge in [0.2, 0.25) is 0 Å². The number of hydrogen-bond acceptors (Lipinski definition) is 3. The molecular weight excluding hydrogens is 266 g/mol. The number of nitrogens with zero attached hydrogens (tertiary/aromatic N) is 2. The molecule has 0 unspecified atom stereocenters. The van der Waals surface area contributed by atoms with Crippen molar-refractivity contribution >= 4 is 17.3 Å². The second-order valence-electron chi connectivity index (χ2n) is 4.21. The van der Waals surface area contributed by atoms with Crippen molar-refractivity contribution in [2.45, 2.75) is 6.54 Å². The molecule has 2 aromatic rings. The normalized spacial score (nSPS) is 10.5. The Morgan fingerprint density at radius 3 is 2.53 bits per heavy atom. The van der Waals surface area contributed by atoms with E-state index >= 15 is 0 Å². The van der Waals surface area contributed by atoms with Gasteiger partial charge in [-0.3, -0.25) is 13.9 Å². The Kier molecular flexibility index (Phi) is 3.76. The molecule has 1 aromatic carbocycles. The molecule has 0 atom stereocenters. The maximum absolute atomic E-state index is 11.8. The fraction of sp³-hybridized carbons (Fsp3) is 0.231. The van der Waals surface area contributed by atoms with Crippen molar-refractivity contribution in [3.63, 3.8) is 0 Å². The molecule has 0 saturated carbocycles. The number of aromatic nitrogens is 2. The van der Waals surface area contributed by atoms with Gasteiger partial charge in [0.25, 0.3) is 5.56 Å². The van der Waals surface area contributed by atoms with Crippen LogP contribution >= 0.6 is 11.6 Å². The summed E-state index contributed by atoms with van der Waals surface area (Å²) in [5.74, 6) is 0. The van der Waals surface area contributed by atoms with E-state index in [-0.39, 0.29) is 11.2 Å². The third kappa shape index (κ3) is 2.71. The average Bonchev–Trinajstić information content (AvgIpc) is 2.40. The average molecular weight is 280 g/mol. The van der Waals surface area contributed by atoms with E-state index < -0.39 is 0 Å². The summed E-state index contributed by atoms with van der Waals surface area (Å²) in [7, 11) is 3.08. The van der Waals surface area contributed by atoms with E-state index in [0.717, 1.165) is 10.3 Å². The highest BCUT2D eigenvalue weighted by atomic mass is 35.5. The van der Waals surface area contributed by atoms with E-state index in [9.17, 15) is 9.59 Å². The Morgan fingerprint density at radius 1 is 1.16 bits per heavy atom. The van der Waals surface area contributed by atoms with Gasteiger partial charge in [-0.2, -0.15) is 0 Å². The van der Waals surface area contributed by atoms with Crippen molar-refractivity contribution in [3.8, 4) is 0 Å². The zero-order valence-corrected chi connectivity index (χ0v) is 11.4. The largest absolute Gasteiger partial charge is 0.378 e. The molecule has 0 spiro atoms. The van der Waals surface area contributed by atoms with Crippen LogP contribution in [-0.4, -0.2) is 9.13 Å². The van der Waals surface area contributed by atoms with Crippen LogP contribution in [0.4, 0.5) is 5.69 Å². The second kappa shape index (κ2) is 5.32. The Labute approximate surface area is 115 Å². The molecule has 0 aliphatic carbocycles. The number of anilines is 1. The van der Waals surface area contributed by atoms with Gasteiger partial charge in [0, 0.05) is 25.9 Å². The summed E-state index contributed by atoms with van der Waals surface area (Å²) in [5, 5.41) is 3.70. The zero-order valence-electron chi connectivity index (χ0n) is 10.7. The fourth-order valence-corrected chi connectivity index (χ4v) is 1.94. The number of hydrogen-bond donors (Lipinski definition) is 1. The predicted molar refractivity (Wildman–Crippen MR) is 75.7 cm³/mol. The van der Waals surface area contributed by atoms with Gasteiger partial charge < -0.3 is 5.32 Å². The molecule has 0 aliphatic rings. The smallest absolute Gasteiger partial charge is 0.330 e. The van der Waals surface area contributed by atoms with Crippen molar-refractivity contribution in [3.05, 3.63) is 61.9 Å². The maximum Gasteiger partial charge on any atom is 0.330 e. The van der Waals surface area contributed by atoms with Crippen LogP contribution in [0.15, 0.2) is 39.9 Å². The van der Waals surface area contributed by atoms with Crippen LogP contribution < -0.4 is 16.6 Å². The number of benzene rings is 1. The van der Waals surface area contributed by atoms with Crippen LogP contribution in [0.1, 0.15) is 5.69 Å². The molecule has 0 amide bonds. The molecule has 6 heteroatoms. The van der Waals surface area contributed by atoms with Gasteiger partial charge in [0.1, 0.15) is 0 Å². The first-order valence-electron chi connectivity index (χ1n) is 5.75. The van der Waals surface area contributed by atoms with Crippen LogP contribution in [0.2, 0.25) is 5.02 Å². The molecule has 0 bridgehead atoms. The van der Waals surface area contributed by atoms with E-state index in [1.165, 1.54) is 17.7 Å². The highest BCUT2D eigenvalue weighted by Crippen LogP contribution is 2.20. The van der Waals surface area contributed by atoms with E-state index in [0.29, 0.717) is 17.3 Å². The van der Waals surface area contributed by atoms with Crippen LogP contribution in [-0.2, 0) is 20.6 Å². The predicted octanol–water partition coefficient (Wildman–Crippen LogP) is 1.35. The molecule has 2 rings (SSSR count). The molecule has 100 valence electrons. The second-order valence-corrected chi connectivity index (χ2v) is 4.62. The topological polar surface area (TPSA) is 56.0 Å². The third-order valence-electron chi connectivity index (χ3n) is 2.96. The van der Waals surface area contributed by atoms with E-state index in [2.05, 4.69) is 5.32 Å². The first-order valence-corrected chi connectivity index (χ1v) is 6.13. The lowest BCUT2D eigenvalue weighted by molar-refractivity contribution is 0.655. The molecule has 1 N–H and O–H groups in total.